The second-order valence-corrected chi connectivity index (χ2v) is 5.66. The van der Waals surface area contributed by atoms with Gasteiger partial charge in [-0.25, -0.2) is 0 Å². The van der Waals surface area contributed by atoms with Crippen LogP contribution in [-0.2, 0) is 0 Å². The number of hydrogen-bond donors (Lipinski definition) is 2. The highest BCUT2D eigenvalue weighted by molar-refractivity contribution is 9.10. The van der Waals surface area contributed by atoms with E-state index in [2.05, 4.69) is 21.2 Å². The van der Waals surface area contributed by atoms with E-state index in [-0.39, 0.29) is 5.91 Å². The fourth-order valence-electron chi connectivity index (χ4n) is 1.59. The van der Waals surface area contributed by atoms with Gasteiger partial charge in [0.15, 0.2) is 0 Å². The molecule has 0 spiro atoms. The molecule has 5 heteroatoms. The maximum absolute atomic E-state index is 12.1. The molecule has 0 saturated heterocycles. The molecule has 0 unspecified atom stereocenters. The van der Waals surface area contributed by atoms with Crippen LogP contribution < -0.4 is 11.1 Å². The number of nitrogen functional groups attached to an aromatic ring is 1. The van der Waals surface area contributed by atoms with Gasteiger partial charge < -0.3 is 11.1 Å². The fraction of sp³-hybridized carbons (Fsp3) is 0.0714. The van der Waals surface area contributed by atoms with Crippen molar-refractivity contribution in [2.45, 2.75) is 4.90 Å². The van der Waals surface area contributed by atoms with Gasteiger partial charge in [-0.2, -0.15) is 0 Å². The van der Waals surface area contributed by atoms with Crippen LogP contribution in [0.5, 0.6) is 0 Å². The molecule has 2 rings (SSSR count). The predicted octanol–water partition coefficient (Wildman–Crippen LogP) is 4.01. The van der Waals surface area contributed by atoms with Gasteiger partial charge in [-0.1, -0.05) is 6.07 Å². The predicted molar refractivity (Wildman–Crippen MR) is 84.7 cm³/mol. The van der Waals surface area contributed by atoms with Gasteiger partial charge in [-0.05, 0) is 58.6 Å². The van der Waals surface area contributed by atoms with E-state index in [0.29, 0.717) is 11.3 Å². The molecule has 98 valence electrons. The van der Waals surface area contributed by atoms with Crippen LogP contribution in [0.2, 0.25) is 0 Å². The molecule has 2 aromatic rings. The first kappa shape index (κ1) is 14.0. The number of thioether (sulfide) groups is 1. The molecule has 0 aliphatic heterocycles. The molecule has 3 nitrogen and oxygen atoms in total. The van der Waals surface area contributed by atoms with Crippen LogP contribution >= 0.6 is 27.7 Å². The van der Waals surface area contributed by atoms with E-state index in [4.69, 9.17) is 5.73 Å². The third-order valence-corrected chi connectivity index (χ3v) is 4.03. The highest BCUT2D eigenvalue weighted by atomic mass is 79.9. The Morgan fingerprint density at radius 3 is 2.74 bits per heavy atom. The van der Waals surface area contributed by atoms with Crippen LogP contribution in [0.4, 0.5) is 11.4 Å². The lowest BCUT2D eigenvalue weighted by atomic mass is 10.2. The van der Waals surface area contributed by atoms with Crippen molar-refractivity contribution >= 4 is 45.0 Å². The summed E-state index contributed by atoms with van der Waals surface area (Å²) in [5.74, 6) is -0.169. The lowest BCUT2D eigenvalue weighted by molar-refractivity contribution is 0.102. The van der Waals surface area contributed by atoms with E-state index >= 15 is 0 Å². The molecule has 0 aromatic heterocycles. The molecular formula is C14H13BrN2OS. The molecule has 0 saturated carbocycles. The first-order chi connectivity index (χ1) is 9.10. The zero-order chi connectivity index (χ0) is 13.8. The summed E-state index contributed by atoms with van der Waals surface area (Å²) < 4.78 is 0.786. The summed E-state index contributed by atoms with van der Waals surface area (Å²) in [6.45, 7) is 0. The zero-order valence-electron chi connectivity index (χ0n) is 10.3. The molecule has 2 aromatic carbocycles. The quantitative estimate of drug-likeness (QED) is 0.657. The molecule has 0 heterocycles. The maximum Gasteiger partial charge on any atom is 0.255 e. The Morgan fingerprint density at radius 2 is 2.05 bits per heavy atom. The van der Waals surface area contributed by atoms with Crippen LogP contribution in [0.1, 0.15) is 10.4 Å². The van der Waals surface area contributed by atoms with Crippen LogP contribution in [-0.4, -0.2) is 12.2 Å². The number of nitrogens with two attached hydrogens (primary N) is 1. The second kappa shape index (κ2) is 6.12. The summed E-state index contributed by atoms with van der Waals surface area (Å²) >= 11 is 4.94. The minimum Gasteiger partial charge on any atom is -0.398 e. The van der Waals surface area contributed by atoms with Crippen LogP contribution in [0.3, 0.4) is 0 Å². The number of anilines is 2. The number of halogens is 1. The van der Waals surface area contributed by atoms with Gasteiger partial charge in [0, 0.05) is 26.3 Å². The van der Waals surface area contributed by atoms with Gasteiger partial charge in [-0.3, -0.25) is 4.79 Å². The number of carbonyl (C=O) groups is 1. The van der Waals surface area contributed by atoms with Crippen molar-refractivity contribution in [1.82, 2.24) is 0 Å². The van der Waals surface area contributed by atoms with Crippen molar-refractivity contribution in [3.05, 3.63) is 52.5 Å². The molecule has 0 radical (unpaired) electrons. The fourth-order valence-corrected chi connectivity index (χ4v) is 2.30. The lowest BCUT2D eigenvalue weighted by Crippen LogP contribution is -2.12. The third kappa shape index (κ3) is 3.52. The number of nitrogens with one attached hydrogen (secondary N) is 1. The Morgan fingerprint density at radius 1 is 1.26 bits per heavy atom. The average Bonchev–Trinajstić information content (AvgIpc) is 2.42. The molecule has 0 bridgehead atoms. The van der Waals surface area contributed by atoms with Crippen LogP contribution in [0.25, 0.3) is 0 Å². The number of benzene rings is 2. The molecule has 0 aliphatic carbocycles. The van der Waals surface area contributed by atoms with Crippen molar-refractivity contribution in [3.63, 3.8) is 0 Å². The van der Waals surface area contributed by atoms with E-state index in [1.807, 2.05) is 30.5 Å². The molecule has 1 amide bonds. The van der Waals surface area contributed by atoms with E-state index < -0.39 is 0 Å². The third-order valence-electron chi connectivity index (χ3n) is 2.59. The first-order valence-corrected chi connectivity index (χ1v) is 7.62. The van der Waals surface area contributed by atoms with Crippen LogP contribution in [0, 0.1) is 0 Å². The summed E-state index contributed by atoms with van der Waals surface area (Å²) in [7, 11) is 0. The molecule has 0 aliphatic rings. The zero-order valence-corrected chi connectivity index (χ0v) is 12.7. The van der Waals surface area contributed by atoms with Gasteiger partial charge in [0.05, 0.1) is 0 Å². The summed E-state index contributed by atoms with van der Waals surface area (Å²) in [6.07, 6.45) is 2.00. The number of hydrogen-bond acceptors (Lipinski definition) is 3. The Labute approximate surface area is 124 Å². The highest BCUT2D eigenvalue weighted by Gasteiger charge is 2.08. The molecule has 0 atom stereocenters. The molecule has 3 N–H and O–H groups in total. The maximum atomic E-state index is 12.1. The molecule has 0 fully saturated rings. The minimum absolute atomic E-state index is 0.169. The second-order valence-electron chi connectivity index (χ2n) is 3.92. The standard InChI is InChI=1S/C14H13BrN2OS/c1-19-11-4-2-3-10(8-11)17-14(18)9-5-6-12(15)13(16)7-9/h2-8H,16H2,1H3,(H,17,18). The monoisotopic (exact) mass is 336 g/mol. The summed E-state index contributed by atoms with van der Waals surface area (Å²) in [5, 5.41) is 2.86. The van der Waals surface area contributed by atoms with Crippen molar-refractivity contribution < 1.29 is 4.79 Å². The van der Waals surface area contributed by atoms with Gasteiger partial charge >= 0.3 is 0 Å². The Hall–Kier alpha value is -1.46. The Balaban J connectivity index is 2.18. The van der Waals surface area contributed by atoms with Crippen molar-refractivity contribution in [3.8, 4) is 0 Å². The van der Waals surface area contributed by atoms with Gasteiger partial charge in [0.1, 0.15) is 0 Å². The SMILES string of the molecule is CSc1cccc(NC(=O)c2ccc(Br)c(N)c2)c1. The largest absolute Gasteiger partial charge is 0.398 e. The number of rotatable bonds is 3. The Kier molecular flexibility index (Phi) is 4.50. The van der Waals surface area contributed by atoms with Crippen molar-refractivity contribution in [2.75, 3.05) is 17.3 Å². The molecule has 19 heavy (non-hydrogen) atoms. The summed E-state index contributed by atoms with van der Waals surface area (Å²) in [4.78, 5) is 13.2. The summed E-state index contributed by atoms with van der Waals surface area (Å²) in [5.41, 5.74) is 7.63. The highest BCUT2D eigenvalue weighted by Crippen LogP contribution is 2.22. The van der Waals surface area contributed by atoms with Crippen LogP contribution in [0.15, 0.2) is 51.8 Å². The van der Waals surface area contributed by atoms with E-state index in [1.54, 1.807) is 30.0 Å². The van der Waals surface area contributed by atoms with E-state index in [9.17, 15) is 4.79 Å². The van der Waals surface area contributed by atoms with Gasteiger partial charge in [-0.15, -0.1) is 11.8 Å². The van der Waals surface area contributed by atoms with E-state index in [0.717, 1.165) is 15.1 Å². The number of carbonyl (C=O) groups excluding carboxylic acids is 1. The van der Waals surface area contributed by atoms with Crippen molar-refractivity contribution in [2.24, 2.45) is 0 Å². The normalized spacial score (nSPS) is 10.2. The van der Waals surface area contributed by atoms with Gasteiger partial charge in [0.25, 0.3) is 5.91 Å². The Bertz CT molecular complexity index is 616. The van der Waals surface area contributed by atoms with E-state index in [1.165, 1.54) is 0 Å². The molecular weight excluding hydrogens is 324 g/mol. The van der Waals surface area contributed by atoms with Gasteiger partial charge in [0.2, 0.25) is 0 Å². The number of amides is 1. The topological polar surface area (TPSA) is 55.1 Å². The smallest absolute Gasteiger partial charge is 0.255 e. The lowest BCUT2D eigenvalue weighted by Gasteiger charge is -2.07. The average molecular weight is 337 g/mol. The first-order valence-electron chi connectivity index (χ1n) is 5.60. The summed E-state index contributed by atoms with van der Waals surface area (Å²) in [6, 6.07) is 12.9. The van der Waals surface area contributed by atoms with Crippen molar-refractivity contribution in [1.29, 1.82) is 0 Å². The minimum atomic E-state index is -0.169.